The number of fused-ring (bicyclic) bond motifs is 3. The van der Waals surface area contributed by atoms with E-state index in [0.29, 0.717) is 16.9 Å². The predicted molar refractivity (Wildman–Crippen MR) is 159 cm³/mol. The number of nitro benzene ring substituents is 1. The minimum Gasteiger partial charge on any atom is -0.508 e. The monoisotopic (exact) mass is 609 g/mol. The highest BCUT2D eigenvalue weighted by Gasteiger charge is 2.60. The molecule has 0 bridgehead atoms. The third-order valence-corrected chi connectivity index (χ3v) is 8.31. The summed E-state index contributed by atoms with van der Waals surface area (Å²) in [6, 6.07) is 7.05. The standard InChI is InChI=1S/C28H27N5O9S/c1-32(2)17-10-16(31-27(43)30-13-3-5-14(6-4-13)33(41)42)22(35)20-15(17)8-11-7-12-9-18(34)21(26(29)39)25(38)28(12,40)24(37)19(11)23(20)36/h3-6,10-12,35-36,38,40H,7-9H2,1-2H3,(H2,29,39)(H2,30,31,43). The molecule has 3 atom stereocenters. The summed E-state index contributed by atoms with van der Waals surface area (Å²) >= 11 is 5.36. The Balaban J connectivity index is 1.56. The number of phenols is 1. The first-order chi connectivity index (χ1) is 20.2. The number of nitro groups is 1. The molecule has 0 radical (unpaired) electrons. The van der Waals surface area contributed by atoms with Crippen molar-refractivity contribution >= 4 is 63.3 Å². The van der Waals surface area contributed by atoms with Gasteiger partial charge in [0.25, 0.3) is 11.6 Å². The minimum absolute atomic E-state index is 0.00134. The number of ketones is 2. The SMILES string of the molecule is CN(C)c1cc(NC(=S)Nc2ccc([N+](=O)[O-])cc2)c(O)c2c1CC1CC3CC(=O)C(C(N)=O)=C(O)C3(O)C(=O)C1=C2O. The smallest absolute Gasteiger partial charge is 0.269 e. The summed E-state index contributed by atoms with van der Waals surface area (Å²) in [5, 5.41) is 61.6. The number of nitrogens with zero attached hydrogens (tertiary/aromatic N) is 2. The minimum atomic E-state index is -2.66. The Bertz CT molecular complexity index is 1700. The number of hydrogen-bond donors (Lipinski definition) is 7. The van der Waals surface area contributed by atoms with Gasteiger partial charge in [0.15, 0.2) is 16.5 Å². The van der Waals surface area contributed by atoms with Gasteiger partial charge in [0.1, 0.15) is 22.8 Å². The zero-order chi connectivity index (χ0) is 31.5. The number of nitrogens with one attached hydrogen (secondary N) is 2. The van der Waals surface area contributed by atoms with Crippen LogP contribution in [0.15, 0.2) is 47.2 Å². The van der Waals surface area contributed by atoms with Crippen LogP contribution in [0.3, 0.4) is 0 Å². The van der Waals surface area contributed by atoms with Gasteiger partial charge in [0.05, 0.1) is 16.2 Å². The Labute approximate surface area is 249 Å². The summed E-state index contributed by atoms with van der Waals surface area (Å²) < 4.78 is 0. The number of aliphatic hydroxyl groups excluding tert-OH is 2. The molecule has 14 nitrogen and oxygen atoms in total. The number of carbonyl (C=O) groups excluding carboxylic acids is 3. The van der Waals surface area contributed by atoms with Gasteiger partial charge in [0, 0.05) is 55.5 Å². The maximum Gasteiger partial charge on any atom is 0.269 e. The lowest BCUT2D eigenvalue weighted by Crippen LogP contribution is -2.58. The number of aliphatic hydroxyl groups is 3. The molecule has 43 heavy (non-hydrogen) atoms. The average Bonchev–Trinajstić information content (AvgIpc) is 2.92. The maximum atomic E-state index is 13.8. The fourth-order valence-corrected chi connectivity index (χ4v) is 6.34. The van der Waals surface area contributed by atoms with E-state index < -0.39 is 69.1 Å². The van der Waals surface area contributed by atoms with Crippen LogP contribution < -0.4 is 21.3 Å². The first kappa shape index (κ1) is 29.5. The van der Waals surface area contributed by atoms with Crippen LogP contribution in [0.4, 0.5) is 22.7 Å². The van der Waals surface area contributed by atoms with Crippen molar-refractivity contribution in [1.29, 1.82) is 0 Å². The molecule has 8 N–H and O–H groups in total. The van der Waals surface area contributed by atoms with E-state index in [1.54, 1.807) is 25.1 Å². The third kappa shape index (κ3) is 4.62. The molecular weight excluding hydrogens is 582 g/mol. The van der Waals surface area contributed by atoms with Gasteiger partial charge in [-0.15, -0.1) is 0 Å². The highest BCUT2D eigenvalue weighted by molar-refractivity contribution is 7.80. The summed E-state index contributed by atoms with van der Waals surface area (Å²) in [6.07, 6.45) is -0.253. The van der Waals surface area contributed by atoms with Gasteiger partial charge in [0.2, 0.25) is 5.78 Å². The number of benzene rings is 2. The molecule has 0 heterocycles. The molecule has 15 heteroatoms. The predicted octanol–water partition coefficient (Wildman–Crippen LogP) is 2.21. The molecule has 3 unspecified atom stereocenters. The van der Waals surface area contributed by atoms with Gasteiger partial charge >= 0.3 is 0 Å². The number of carbonyl (C=O) groups is 3. The number of amides is 1. The van der Waals surface area contributed by atoms with Crippen LogP contribution in [-0.2, 0) is 20.8 Å². The molecule has 2 aromatic carbocycles. The molecule has 0 spiro atoms. The van der Waals surface area contributed by atoms with Crippen molar-refractivity contribution in [2.45, 2.75) is 24.9 Å². The Morgan fingerprint density at radius 1 is 1.14 bits per heavy atom. The van der Waals surface area contributed by atoms with Gasteiger partial charge in [-0.1, -0.05) is 0 Å². The van der Waals surface area contributed by atoms with E-state index in [1.165, 1.54) is 24.3 Å². The van der Waals surface area contributed by atoms with Crippen LogP contribution >= 0.6 is 12.2 Å². The molecule has 1 fully saturated rings. The number of thiocarbonyl (C=S) groups is 1. The molecule has 1 saturated carbocycles. The summed E-state index contributed by atoms with van der Waals surface area (Å²) in [7, 11) is 3.47. The van der Waals surface area contributed by atoms with E-state index in [2.05, 4.69) is 10.6 Å². The van der Waals surface area contributed by atoms with Crippen LogP contribution in [0.1, 0.15) is 24.0 Å². The average molecular weight is 610 g/mol. The molecule has 0 aromatic heterocycles. The van der Waals surface area contributed by atoms with E-state index in [9.17, 15) is 44.9 Å². The second-order valence-electron chi connectivity index (χ2n) is 10.8. The van der Waals surface area contributed by atoms with Crippen molar-refractivity contribution in [2.75, 3.05) is 29.6 Å². The quantitative estimate of drug-likeness (QED) is 0.0849. The summed E-state index contributed by atoms with van der Waals surface area (Å²) in [4.78, 5) is 50.3. The molecule has 1 amide bonds. The van der Waals surface area contributed by atoms with Crippen molar-refractivity contribution in [3.8, 4) is 5.75 Å². The molecule has 0 saturated heterocycles. The van der Waals surface area contributed by atoms with Crippen LogP contribution in [0.5, 0.6) is 5.75 Å². The zero-order valence-corrected chi connectivity index (χ0v) is 23.7. The van der Waals surface area contributed by atoms with Gasteiger partial charge < -0.3 is 41.7 Å². The van der Waals surface area contributed by atoms with Crippen molar-refractivity contribution < 1.29 is 39.7 Å². The number of aromatic hydroxyl groups is 1. The Morgan fingerprint density at radius 3 is 2.37 bits per heavy atom. The van der Waals surface area contributed by atoms with E-state index >= 15 is 0 Å². The lowest BCUT2D eigenvalue weighted by molar-refractivity contribution is -0.384. The van der Waals surface area contributed by atoms with E-state index in [1.807, 2.05) is 0 Å². The number of Topliss-reactive ketones (excluding diaryl/α,β-unsaturated/α-hetero) is 2. The fourth-order valence-electron chi connectivity index (χ4n) is 6.11. The van der Waals surface area contributed by atoms with Crippen molar-refractivity contribution in [2.24, 2.45) is 17.6 Å². The highest BCUT2D eigenvalue weighted by Crippen LogP contribution is 2.54. The molecular formula is C28H27N5O9S. The van der Waals surface area contributed by atoms with Crippen LogP contribution in [0.25, 0.3) is 5.76 Å². The third-order valence-electron chi connectivity index (χ3n) is 8.11. The first-order valence-corrected chi connectivity index (χ1v) is 13.4. The number of nitrogens with two attached hydrogens (primary N) is 1. The number of hydrogen-bond acceptors (Lipinski definition) is 11. The van der Waals surface area contributed by atoms with E-state index in [4.69, 9.17) is 18.0 Å². The van der Waals surface area contributed by atoms with Gasteiger partial charge in [-0.25, -0.2) is 0 Å². The number of phenolic OH excluding ortho intramolecular Hbond substituents is 1. The lowest BCUT2D eigenvalue weighted by atomic mass is 9.59. The van der Waals surface area contributed by atoms with Gasteiger partial charge in [-0.05, 0) is 54.7 Å². The first-order valence-electron chi connectivity index (χ1n) is 13.0. The largest absolute Gasteiger partial charge is 0.508 e. The second kappa shape index (κ2) is 10.4. The fraction of sp³-hybridized carbons (Fsp3) is 0.286. The van der Waals surface area contributed by atoms with Crippen molar-refractivity contribution in [3.05, 3.63) is 68.5 Å². The van der Waals surface area contributed by atoms with Crippen molar-refractivity contribution in [1.82, 2.24) is 0 Å². The van der Waals surface area contributed by atoms with Crippen LogP contribution in [0, 0.1) is 22.0 Å². The number of primary amides is 1. The molecule has 2 aromatic rings. The van der Waals surface area contributed by atoms with E-state index in [0.717, 1.165) is 0 Å². The van der Waals surface area contributed by atoms with Crippen molar-refractivity contribution in [3.63, 3.8) is 0 Å². The Hall–Kier alpha value is -5.02. The second-order valence-corrected chi connectivity index (χ2v) is 11.2. The van der Waals surface area contributed by atoms with Crippen LogP contribution in [0.2, 0.25) is 0 Å². The number of anilines is 3. The van der Waals surface area contributed by atoms with Crippen LogP contribution in [-0.4, -0.2) is 67.6 Å². The lowest BCUT2D eigenvalue weighted by Gasteiger charge is -2.46. The van der Waals surface area contributed by atoms with E-state index in [-0.39, 0.29) is 40.5 Å². The summed E-state index contributed by atoms with van der Waals surface area (Å²) in [6.45, 7) is 0. The highest BCUT2D eigenvalue weighted by atomic mass is 32.1. The molecule has 0 aliphatic heterocycles. The number of non-ortho nitro benzene ring substituents is 1. The maximum absolute atomic E-state index is 13.8. The summed E-state index contributed by atoms with van der Waals surface area (Å²) in [5.41, 5.74) is 2.76. The topological polar surface area (TPSA) is 229 Å². The Kier molecular flexibility index (Phi) is 7.10. The van der Waals surface area contributed by atoms with Gasteiger partial charge in [-0.2, -0.15) is 0 Å². The molecule has 3 aliphatic carbocycles. The zero-order valence-electron chi connectivity index (χ0n) is 22.9. The Morgan fingerprint density at radius 2 is 1.79 bits per heavy atom. The molecule has 5 rings (SSSR count). The summed E-state index contributed by atoms with van der Waals surface area (Å²) in [5.74, 6) is -7.17. The molecule has 224 valence electrons. The normalized spacial score (nSPS) is 22.8. The number of rotatable bonds is 5. The van der Waals surface area contributed by atoms with Gasteiger partial charge in [-0.3, -0.25) is 24.5 Å². The molecule has 3 aliphatic rings.